The monoisotopic (exact) mass is 697 g/mol. The van der Waals surface area contributed by atoms with Crippen molar-refractivity contribution in [1.82, 2.24) is 4.57 Å². The van der Waals surface area contributed by atoms with Crippen molar-refractivity contribution in [1.29, 1.82) is 0 Å². The molecule has 2 aliphatic rings. The fraction of sp³-hybridized carbons (Fsp3) is 0.0204. The number of benzene rings is 8. The molecule has 0 amide bonds. The van der Waals surface area contributed by atoms with Gasteiger partial charge in [0.2, 0.25) is 0 Å². The summed E-state index contributed by atoms with van der Waals surface area (Å²) >= 11 is 3.81. The van der Waals surface area contributed by atoms with Gasteiger partial charge in [-0.15, -0.1) is 0 Å². The van der Waals surface area contributed by atoms with E-state index >= 15 is 0 Å². The first-order valence-electron chi connectivity index (χ1n) is 17.8. The number of para-hydroxylation sites is 3. The van der Waals surface area contributed by atoms with Crippen LogP contribution in [-0.2, 0) is 5.41 Å². The van der Waals surface area contributed by atoms with Crippen molar-refractivity contribution in [2.45, 2.75) is 25.0 Å². The van der Waals surface area contributed by atoms with E-state index in [0.717, 1.165) is 5.69 Å². The van der Waals surface area contributed by atoms with Gasteiger partial charge >= 0.3 is 0 Å². The molecule has 1 nitrogen and oxygen atoms in total. The molecular weight excluding hydrogens is 667 g/mol. The minimum Gasteiger partial charge on any atom is -0.309 e. The topological polar surface area (TPSA) is 4.93 Å². The lowest BCUT2D eigenvalue weighted by molar-refractivity contribution is 0.671. The Morgan fingerprint density at radius 1 is 0.365 bits per heavy atom. The highest BCUT2D eigenvalue weighted by atomic mass is 32.2. The number of fused-ring (bicyclic) bond motifs is 11. The SMILES string of the molecule is c1ccc(-c2cccc3c2C2(c4ccccc4Sc4ccccc42)c2c(cccc2-c2cccc4c5ccccc5n(-c5ccccc5)c24)S3)cc1. The highest BCUT2D eigenvalue weighted by molar-refractivity contribution is 8.00. The standard InChI is InChI=1S/C49H31NS2/c1-3-16-32(17-4-1)34-21-14-30-44-46(34)49(39-25-8-11-28-42(39)51-43-29-12-9-26-40(43)49)47-36(22-15-31-45(47)52-44)38-24-13-23-37-35-20-7-10-27-41(35)50(48(37)38)33-18-5-2-6-19-33/h1-31H. The molecule has 1 spiro atoms. The molecule has 244 valence electrons. The van der Waals surface area contributed by atoms with Gasteiger partial charge in [0.05, 0.1) is 16.4 Å². The van der Waals surface area contributed by atoms with E-state index in [9.17, 15) is 0 Å². The highest BCUT2D eigenvalue weighted by Gasteiger charge is 2.51. The summed E-state index contributed by atoms with van der Waals surface area (Å²) in [6, 6.07) is 69.8. The molecule has 0 saturated heterocycles. The van der Waals surface area contributed by atoms with Crippen molar-refractivity contribution in [2.75, 3.05) is 0 Å². The molecule has 0 fully saturated rings. The van der Waals surface area contributed by atoms with Crippen LogP contribution in [0.15, 0.2) is 208 Å². The van der Waals surface area contributed by atoms with Crippen LogP contribution >= 0.6 is 23.5 Å². The van der Waals surface area contributed by atoms with Gasteiger partial charge in [-0.3, -0.25) is 0 Å². The Kier molecular flexibility index (Phi) is 6.70. The van der Waals surface area contributed by atoms with E-state index in [1.54, 1.807) is 0 Å². The predicted molar refractivity (Wildman–Crippen MR) is 218 cm³/mol. The van der Waals surface area contributed by atoms with Gasteiger partial charge in [0, 0.05) is 41.6 Å². The fourth-order valence-electron chi connectivity index (χ4n) is 8.95. The van der Waals surface area contributed by atoms with Crippen LogP contribution in [0.25, 0.3) is 49.7 Å². The molecule has 3 heteroatoms. The summed E-state index contributed by atoms with van der Waals surface area (Å²) in [5.41, 5.74) is 13.4. The Labute approximate surface area is 311 Å². The molecule has 2 aliphatic heterocycles. The van der Waals surface area contributed by atoms with Gasteiger partial charge in [-0.25, -0.2) is 0 Å². The fourth-order valence-corrected chi connectivity index (χ4v) is 11.4. The molecule has 0 radical (unpaired) electrons. The third-order valence-electron chi connectivity index (χ3n) is 10.9. The second-order valence-electron chi connectivity index (χ2n) is 13.6. The molecule has 52 heavy (non-hydrogen) atoms. The molecule has 9 aromatic rings. The normalized spacial score (nSPS) is 13.8. The Morgan fingerprint density at radius 3 is 1.60 bits per heavy atom. The van der Waals surface area contributed by atoms with Gasteiger partial charge in [0.15, 0.2) is 0 Å². The Hall–Kier alpha value is -5.74. The number of rotatable bonds is 3. The molecule has 11 rings (SSSR count). The van der Waals surface area contributed by atoms with Gasteiger partial charge in [-0.1, -0.05) is 169 Å². The van der Waals surface area contributed by atoms with E-state index in [1.807, 2.05) is 23.5 Å². The molecule has 3 heterocycles. The van der Waals surface area contributed by atoms with Crippen LogP contribution in [0.3, 0.4) is 0 Å². The van der Waals surface area contributed by atoms with Crippen LogP contribution in [0.4, 0.5) is 0 Å². The summed E-state index contributed by atoms with van der Waals surface area (Å²) in [6.07, 6.45) is 0. The minimum absolute atomic E-state index is 0.580. The summed E-state index contributed by atoms with van der Waals surface area (Å²) in [5, 5.41) is 2.52. The molecule has 0 aliphatic carbocycles. The van der Waals surface area contributed by atoms with E-state index < -0.39 is 5.41 Å². The molecule has 1 aromatic heterocycles. The summed E-state index contributed by atoms with van der Waals surface area (Å²) in [4.78, 5) is 5.21. The van der Waals surface area contributed by atoms with Crippen LogP contribution in [0, 0.1) is 0 Å². The van der Waals surface area contributed by atoms with Gasteiger partial charge in [0.25, 0.3) is 0 Å². The van der Waals surface area contributed by atoms with Crippen molar-refractivity contribution in [3.8, 4) is 27.9 Å². The van der Waals surface area contributed by atoms with E-state index in [2.05, 4.69) is 193 Å². The maximum Gasteiger partial charge on any atom is 0.0757 e. The van der Waals surface area contributed by atoms with Crippen LogP contribution in [-0.4, -0.2) is 4.57 Å². The lowest BCUT2D eigenvalue weighted by Gasteiger charge is -2.47. The average Bonchev–Trinajstić information content (AvgIpc) is 3.56. The van der Waals surface area contributed by atoms with Crippen molar-refractivity contribution >= 4 is 45.3 Å². The first-order chi connectivity index (χ1) is 25.8. The average molecular weight is 698 g/mol. The maximum absolute atomic E-state index is 2.48. The zero-order chi connectivity index (χ0) is 34.2. The largest absolute Gasteiger partial charge is 0.309 e. The number of hydrogen-bond donors (Lipinski definition) is 0. The second kappa shape index (κ2) is 11.6. The van der Waals surface area contributed by atoms with Crippen molar-refractivity contribution in [3.63, 3.8) is 0 Å². The first-order valence-corrected chi connectivity index (χ1v) is 19.4. The maximum atomic E-state index is 2.48. The van der Waals surface area contributed by atoms with Gasteiger partial charge in [0.1, 0.15) is 0 Å². The third-order valence-corrected chi connectivity index (χ3v) is 13.2. The lowest BCUT2D eigenvalue weighted by Crippen LogP contribution is -2.38. The van der Waals surface area contributed by atoms with Crippen LogP contribution in [0.5, 0.6) is 0 Å². The highest BCUT2D eigenvalue weighted by Crippen LogP contribution is 2.65. The second-order valence-corrected chi connectivity index (χ2v) is 15.7. The Balaban J connectivity index is 1.34. The summed E-state index contributed by atoms with van der Waals surface area (Å²) in [7, 11) is 0. The summed E-state index contributed by atoms with van der Waals surface area (Å²) in [6.45, 7) is 0. The van der Waals surface area contributed by atoms with E-state index in [-0.39, 0.29) is 0 Å². The first kappa shape index (κ1) is 29.9. The van der Waals surface area contributed by atoms with E-state index in [1.165, 1.54) is 85.9 Å². The lowest BCUT2D eigenvalue weighted by atomic mass is 9.61. The predicted octanol–water partition coefficient (Wildman–Crippen LogP) is 13.4. The summed E-state index contributed by atoms with van der Waals surface area (Å²) in [5.74, 6) is 0. The molecule has 0 saturated carbocycles. The molecule has 0 unspecified atom stereocenters. The molecule has 0 atom stereocenters. The Morgan fingerprint density at radius 2 is 0.865 bits per heavy atom. The number of hydrogen-bond acceptors (Lipinski definition) is 2. The molecular formula is C49H31NS2. The van der Waals surface area contributed by atoms with Gasteiger partial charge in [-0.05, 0) is 81.4 Å². The summed E-state index contributed by atoms with van der Waals surface area (Å²) < 4.78 is 2.48. The van der Waals surface area contributed by atoms with Crippen molar-refractivity contribution in [3.05, 3.63) is 210 Å². The number of aromatic nitrogens is 1. The molecule has 0 N–H and O–H groups in total. The molecule has 8 aromatic carbocycles. The minimum atomic E-state index is -0.580. The zero-order valence-corrected chi connectivity index (χ0v) is 29.8. The van der Waals surface area contributed by atoms with E-state index in [0.29, 0.717) is 0 Å². The van der Waals surface area contributed by atoms with Gasteiger partial charge in [-0.2, -0.15) is 0 Å². The van der Waals surface area contributed by atoms with Crippen molar-refractivity contribution < 1.29 is 0 Å². The van der Waals surface area contributed by atoms with Crippen LogP contribution < -0.4 is 0 Å². The smallest absolute Gasteiger partial charge is 0.0757 e. The van der Waals surface area contributed by atoms with Gasteiger partial charge < -0.3 is 4.57 Å². The Bertz CT molecular complexity index is 2810. The quantitative estimate of drug-likeness (QED) is 0.181. The zero-order valence-electron chi connectivity index (χ0n) is 28.2. The third kappa shape index (κ3) is 4.15. The van der Waals surface area contributed by atoms with Crippen LogP contribution in [0.2, 0.25) is 0 Å². The van der Waals surface area contributed by atoms with Crippen LogP contribution in [0.1, 0.15) is 22.3 Å². The van der Waals surface area contributed by atoms with E-state index in [4.69, 9.17) is 0 Å². The van der Waals surface area contributed by atoms with Crippen molar-refractivity contribution in [2.24, 2.45) is 0 Å². The molecule has 0 bridgehead atoms. The number of nitrogens with zero attached hydrogens (tertiary/aromatic N) is 1.